The van der Waals surface area contributed by atoms with E-state index in [1.165, 1.54) is 50.5 Å². The molecule has 4 rings (SSSR count). The largest absolute Gasteiger partial charge is 0.745 e. The first kappa shape index (κ1) is 27.6. The molecule has 0 aliphatic heterocycles. The minimum atomic E-state index is -4.82. The van der Waals surface area contributed by atoms with Crippen LogP contribution in [0.3, 0.4) is 0 Å². The molecule has 6 heteroatoms. The molecule has 0 heterocycles. The van der Waals surface area contributed by atoms with E-state index in [2.05, 4.69) is 12.1 Å². The highest BCUT2D eigenvalue weighted by atomic mass is 32.2. The molecule has 0 saturated heterocycles. The van der Waals surface area contributed by atoms with Gasteiger partial charge in [-0.15, -0.1) is 0 Å². The van der Waals surface area contributed by atoms with Crippen LogP contribution >= 0.6 is 0 Å². The van der Waals surface area contributed by atoms with Crippen LogP contribution in [-0.2, 0) is 14.9 Å². The van der Waals surface area contributed by atoms with Gasteiger partial charge in [-0.3, -0.25) is 0 Å². The first-order valence-corrected chi connectivity index (χ1v) is 15.9. The molecule has 1 aromatic rings. The Morgan fingerprint density at radius 1 is 0.778 bits per heavy atom. The van der Waals surface area contributed by atoms with Gasteiger partial charge in [0.15, 0.2) is 5.44 Å². The number of benzene rings is 1. The normalized spacial score (nSPS) is 22.3. The number of ether oxygens (including phenoxy) is 1. The Labute approximate surface area is 218 Å². The predicted molar refractivity (Wildman–Crippen MR) is 142 cm³/mol. The van der Waals surface area contributed by atoms with Crippen molar-refractivity contribution in [3.63, 3.8) is 0 Å². The van der Waals surface area contributed by atoms with E-state index in [1.807, 2.05) is 0 Å². The van der Waals surface area contributed by atoms with Crippen LogP contribution < -0.4 is 0 Å². The molecule has 0 aromatic heterocycles. The molecule has 1 atom stereocenters. The van der Waals surface area contributed by atoms with Crippen LogP contribution in [0, 0.1) is 5.41 Å². The summed E-state index contributed by atoms with van der Waals surface area (Å²) in [6.07, 6.45) is 17.4. The van der Waals surface area contributed by atoms with Gasteiger partial charge in [-0.2, -0.15) is 0 Å². The number of carbonyl (C=O) groups excluding carboxylic acids is 1. The molecule has 1 aromatic carbocycles. The second-order valence-electron chi connectivity index (χ2n) is 12.7. The Balaban J connectivity index is 1.84. The molecular formula is C30H45O5S-. The summed E-state index contributed by atoms with van der Waals surface area (Å²) in [6, 6.07) is 4.54. The fourth-order valence-corrected chi connectivity index (χ4v) is 7.99. The van der Waals surface area contributed by atoms with Crippen LogP contribution in [0.2, 0.25) is 0 Å². The second kappa shape index (κ2) is 11.6. The van der Waals surface area contributed by atoms with Gasteiger partial charge in [0.2, 0.25) is 0 Å². The summed E-state index contributed by atoms with van der Waals surface area (Å²) in [5.41, 5.74) is 1.32. The van der Waals surface area contributed by atoms with Gasteiger partial charge in [-0.1, -0.05) is 90.7 Å². The summed E-state index contributed by atoms with van der Waals surface area (Å²) in [4.78, 5) is 13.9. The molecule has 0 amide bonds. The first-order chi connectivity index (χ1) is 17.1. The third kappa shape index (κ3) is 6.53. The summed E-state index contributed by atoms with van der Waals surface area (Å²) in [5.74, 6) is 0.469. The lowest BCUT2D eigenvalue weighted by Crippen LogP contribution is -2.39. The van der Waals surface area contributed by atoms with Crippen molar-refractivity contribution < 1.29 is 22.5 Å². The zero-order valence-corrected chi connectivity index (χ0v) is 23.3. The molecule has 3 aliphatic rings. The van der Waals surface area contributed by atoms with Crippen molar-refractivity contribution in [3.8, 4) is 0 Å². The van der Waals surface area contributed by atoms with Gasteiger partial charge in [0.25, 0.3) is 0 Å². The van der Waals surface area contributed by atoms with Gasteiger partial charge < -0.3 is 9.29 Å². The fourth-order valence-electron chi connectivity index (χ4n) is 6.92. The number of carbonyl (C=O) groups is 1. The molecule has 5 nitrogen and oxygen atoms in total. The third-order valence-corrected chi connectivity index (χ3v) is 10.1. The SMILES string of the molecule is CC(C)(C)C(OC(=O)c1c(C2CCCCC2)cc(C2CCCCC2)cc1C1CCCCC1)S(=O)(=O)[O-]. The minimum absolute atomic E-state index is 0.282. The zero-order chi connectivity index (χ0) is 25.9. The van der Waals surface area contributed by atoms with E-state index in [-0.39, 0.29) is 11.8 Å². The van der Waals surface area contributed by atoms with Crippen molar-refractivity contribution in [1.82, 2.24) is 0 Å². The molecule has 1 unspecified atom stereocenters. The minimum Gasteiger partial charge on any atom is -0.745 e. The van der Waals surface area contributed by atoms with E-state index in [4.69, 9.17) is 4.74 Å². The number of rotatable bonds is 6. The van der Waals surface area contributed by atoms with E-state index in [9.17, 15) is 17.8 Å². The summed E-state index contributed by atoms with van der Waals surface area (Å²) in [6.45, 7) is 4.91. The van der Waals surface area contributed by atoms with Gasteiger partial charge in [-0.25, -0.2) is 13.2 Å². The molecule has 0 bridgehead atoms. The van der Waals surface area contributed by atoms with Crippen LogP contribution in [0.15, 0.2) is 12.1 Å². The fraction of sp³-hybridized carbons (Fsp3) is 0.767. The van der Waals surface area contributed by atoms with E-state index in [0.717, 1.165) is 62.5 Å². The molecule has 3 fully saturated rings. The van der Waals surface area contributed by atoms with Crippen molar-refractivity contribution in [1.29, 1.82) is 0 Å². The van der Waals surface area contributed by atoms with Crippen LogP contribution in [0.4, 0.5) is 0 Å². The lowest BCUT2D eigenvalue weighted by molar-refractivity contribution is 0.0215. The van der Waals surface area contributed by atoms with Gasteiger partial charge in [-0.05, 0) is 73.0 Å². The highest BCUT2D eigenvalue weighted by Crippen LogP contribution is 2.44. The third-order valence-electron chi connectivity index (χ3n) is 8.78. The second-order valence-corrected chi connectivity index (χ2v) is 14.1. The molecule has 3 saturated carbocycles. The lowest BCUT2D eigenvalue weighted by atomic mass is 9.73. The number of hydrogen-bond donors (Lipinski definition) is 0. The first-order valence-electron chi connectivity index (χ1n) is 14.4. The Morgan fingerprint density at radius 2 is 1.17 bits per heavy atom. The highest BCUT2D eigenvalue weighted by molar-refractivity contribution is 7.86. The molecule has 36 heavy (non-hydrogen) atoms. The maximum atomic E-state index is 13.9. The van der Waals surface area contributed by atoms with E-state index in [0.29, 0.717) is 11.5 Å². The Hall–Kier alpha value is -1.40. The summed E-state index contributed by atoms with van der Waals surface area (Å²) in [7, 11) is -4.82. The quantitative estimate of drug-likeness (QED) is 0.283. The molecule has 3 aliphatic carbocycles. The smallest absolute Gasteiger partial charge is 0.339 e. The van der Waals surface area contributed by atoms with E-state index >= 15 is 0 Å². The average molecular weight is 518 g/mol. The van der Waals surface area contributed by atoms with Crippen molar-refractivity contribution in [3.05, 3.63) is 34.4 Å². The highest BCUT2D eigenvalue weighted by Gasteiger charge is 2.37. The van der Waals surface area contributed by atoms with Gasteiger partial charge in [0.05, 0.1) is 5.56 Å². The molecule has 0 spiro atoms. The molecule has 202 valence electrons. The summed E-state index contributed by atoms with van der Waals surface area (Å²) >= 11 is 0. The maximum absolute atomic E-state index is 13.9. The topological polar surface area (TPSA) is 83.5 Å². The van der Waals surface area contributed by atoms with Crippen LogP contribution in [0.5, 0.6) is 0 Å². The maximum Gasteiger partial charge on any atom is 0.339 e. The van der Waals surface area contributed by atoms with Crippen LogP contribution in [-0.4, -0.2) is 24.4 Å². The molecular weight excluding hydrogens is 472 g/mol. The van der Waals surface area contributed by atoms with Crippen molar-refractivity contribution >= 4 is 16.1 Å². The van der Waals surface area contributed by atoms with Crippen molar-refractivity contribution in [2.45, 2.75) is 140 Å². The Bertz CT molecular complexity index is 965. The number of hydrogen-bond acceptors (Lipinski definition) is 5. The van der Waals surface area contributed by atoms with Crippen LogP contribution in [0.1, 0.15) is 162 Å². The lowest BCUT2D eigenvalue weighted by Gasteiger charge is -2.34. The molecule has 0 radical (unpaired) electrons. The van der Waals surface area contributed by atoms with Gasteiger partial charge in [0.1, 0.15) is 10.1 Å². The summed E-state index contributed by atoms with van der Waals surface area (Å²) in [5, 5.41) is 0. The van der Waals surface area contributed by atoms with E-state index < -0.39 is 26.9 Å². The van der Waals surface area contributed by atoms with Gasteiger partial charge in [0, 0.05) is 5.41 Å². The Kier molecular flexibility index (Phi) is 8.87. The Morgan fingerprint density at radius 3 is 1.53 bits per heavy atom. The standard InChI is InChI=1S/C30H46O5S/c1-30(2,3)29(36(32,33)34)35-28(31)27-25(22-15-9-5-10-16-22)19-24(21-13-7-4-8-14-21)20-26(27)23-17-11-6-12-18-23/h19-23,29H,4-18H2,1-3H3,(H,32,33,34)/p-1. The van der Waals surface area contributed by atoms with E-state index in [1.54, 1.807) is 20.8 Å². The number of esters is 1. The average Bonchev–Trinajstić information content (AvgIpc) is 2.86. The van der Waals surface area contributed by atoms with Crippen molar-refractivity contribution in [2.24, 2.45) is 5.41 Å². The summed E-state index contributed by atoms with van der Waals surface area (Å²) < 4.78 is 42.1. The predicted octanol–water partition coefficient (Wildman–Crippen LogP) is 7.90. The zero-order valence-electron chi connectivity index (χ0n) is 22.5. The van der Waals surface area contributed by atoms with Crippen molar-refractivity contribution in [2.75, 3.05) is 0 Å². The molecule has 0 N–H and O–H groups in total. The van der Waals surface area contributed by atoms with Crippen LogP contribution in [0.25, 0.3) is 0 Å². The van der Waals surface area contributed by atoms with Gasteiger partial charge >= 0.3 is 5.97 Å². The monoisotopic (exact) mass is 517 g/mol.